The first-order valence-corrected chi connectivity index (χ1v) is 6.98. The number of hydrogen-bond donors (Lipinski definition) is 2. The maximum atomic E-state index is 7.51. The Balaban J connectivity index is 2.44. The van der Waals surface area contributed by atoms with Crippen molar-refractivity contribution >= 4 is 33.3 Å². The second-order valence-electron chi connectivity index (χ2n) is 4.53. The zero-order valence-corrected chi connectivity index (χ0v) is 11.6. The molecule has 18 heavy (non-hydrogen) atoms. The third-order valence-corrected chi connectivity index (χ3v) is 4.24. The van der Waals surface area contributed by atoms with Gasteiger partial charge in [0.25, 0.3) is 0 Å². The fourth-order valence-electron chi connectivity index (χ4n) is 1.77. The third-order valence-electron chi connectivity index (χ3n) is 3.11. The Hall–Kier alpha value is -1.61. The van der Waals surface area contributed by atoms with Crippen LogP contribution in [0.15, 0.2) is 30.3 Å². The molecule has 1 aromatic carbocycles. The van der Waals surface area contributed by atoms with Crippen LogP contribution in [0.25, 0.3) is 16.2 Å². The lowest BCUT2D eigenvalue weighted by Gasteiger charge is -2.00. The van der Waals surface area contributed by atoms with Crippen molar-refractivity contribution in [2.75, 3.05) is 0 Å². The van der Waals surface area contributed by atoms with Crippen LogP contribution in [0, 0.1) is 11.3 Å². The van der Waals surface area contributed by atoms with Crippen LogP contribution in [0.2, 0.25) is 0 Å². The number of allylic oxidation sites excluding steroid dienone is 1. The van der Waals surface area contributed by atoms with Crippen LogP contribution >= 0.6 is 11.3 Å². The van der Waals surface area contributed by atoms with Crippen molar-refractivity contribution in [3.8, 4) is 0 Å². The van der Waals surface area contributed by atoms with E-state index in [1.807, 2.05) is 6.07 Å². The van der Waals surface area contributed by atoms with E-state index in [1.54, 1.807) is 11.3 Å². The molecule has 1 heterocycles. The Morgan fingerprint density at radius 1 is 1.50 bits per heavy atom. The summed E-state index contributed by atoms with van der Waals surface area (Å²) in [6.45, 7) is 4.40. The highest BCUT2D eigenvalue weighted by Gasteiger charge is 2.06. The predicted octanol–water partition coefficient (Wildman–Crippen LogP) is 4.24. The molecule has 1 aromatic heterocycles. The molecule has 0 amide bonds. The Bertz CT molecular complexity index is 596. The summed E-state index contributed by atoms with van der Waals surface area (Å²) in [7, 11) is 0. The second-order valence-corrected chi connectivity index (χ2v) is 5.61. The van der Waals surface area contributed by atoms with E-state index < -0.39 is 0 Å². The maximum Gasteiger partial charge on any atom is 0.133 e. The van der Waals surface area contributed by atoms with Gasteiger partial charge in [-0.2, -0.15) is 0 Å². The molecule has 0 bridgehead atoms. The number of hydrogen-bond acceptors (Lipinski definition) is 2. The van der Waals surface area contributed by atoms with E-state index in [0.29, 0.717) is 5.92 Å². The Labute approximate surface area is 112 Å². The summed E-state index contributed by atoms with van der Waals surface area (Å²) in [6.07, 6.45) is 5.56. The van der Waals surface area contributed by atoms with Gasteiger partial charge in [0.15, 0.2) is 0 Å². The summed E-state index contributed by atoms with van der Waals surface area (Å²) in [5, 5.41) is 8.70. The van der Waals surface area contributed by atoms with Gasteiger partial charge in [-0.05, 0) is 23.6 Å². The lowest BCUT2D eigenvalue weighted by atomic mass is 10.0. The first-order valence-electron chi connectivity index (χ1n) is 6.17. The fourth-order valence-corrected chi connectivity index (χ4v) is 2.72. The highest BCUT2D eigenvalue weighted by atomic mass is 32.1. The largest absolute Gasteiger partial charge is 0.383 e. The van der Waals surface area contributed by atoms with E-state index in [-0.39, 0.29) is 5.84 Å². The number of rotatable bonds is 4. The molecule has 2 rings (SSSR count). The average molecular weight is 258 g/mol. The van der Waals surface area contributed by atoms with Crippen LogP contribution in [0.5, 0.6) is 0 Å². The van der Waals surface area contributed by atoms with Crippen molar-refractivity contribution in [3.63, 3.8) is 0 Å². The summed E-state index contributed by atoms with van der Waals surface area (Å²) >= 11 is 1.58. The topological polar surface area (TPSA) is 49.9 Å². The average Bonchev–Trinajstić information content (AvgIpc) is 2.80. The molecule has 0 radical (unpaired) electrons. The molecule has 0 unspecified atom stereocenters. The quantitative estimate of drug-likeness (QED) is 0.625. The zero-order chi connectivity index (χ0) is 13.1. The highest BCUT2D eigenvalue weighted by molar-refractivity contribution is 7.20. The summed E-state index contributed by atoms with van der Waals surface area (Å²) in [5.74, 6) is 0.735. The lowest BCUT2D eigenvalue weighted by molar-refractivity contribution is 0.701. The number of nitrogens with one attached hydrogen (secondary N) is 1. The van der Waals surface area contributed by atoms with E-state index in [1.165, 1.54) is 15.6 Å². The van der Waals surface area contributed by atoms with E-state index >= 15 is 0 Å². The van der Waals surface area contributed by atoms with Crippen LogP contribution in [-0.4, -0.2) is 5.84 Å². The van der Waals surface area contributed by atoms with Crippen molar-refractivity contribution in [2.45, 2.75) is 20.3 Å². The van der Waals surface area contributed by atoms with Crippen LogP contribution in [0.1, 0.15) is 30.7 Å². The minimum absolute atomic E-state index is 0.146. The number of thiophene rings is 1. The van der Waals surface area contributed by atoms with E-state index in [4.69, 9.17) is 11.1 Å². The van der Waals surface area contributed by atoms with Gasteiger partial charge in [-0.1, -0.05) is 44.6 Å². The highest BCUT2D eigenvalue weighted by Crippen LogP contribution is 2.29. The smallest absolute Gasteiger partial charge is 0.133 e. The molecule has 94 valence electrons. The van der Waals surface area contributed by atoms with E-state index in [9.17, 15) is 0 Å². The monoisotopic (exact) mass is 258 g/mol. The van der Waals surface area contributed by atoms with Gasteiger partial charge < -0.3 is 5.73 Å². The number of nitrogens with two attached hydrogens (primary N) is 1. The van der Waals surface area contributed by atoms with Gasteiger partial charge >= 0.3 is 0 Å². The summed E-state index contributed by atoms with van der Waals surface area (Å²) in [5.41, 5.74) is 6.75. The van der Waals surface area contributed by atoms with Gasteiger partial charge in [0.1, 0.15) is 5.84 Å². The maximum absolute atomic E-state index is 7.51. The Morgan fingerprint density at radius 3 is 2.94 bits per heavy atom. The van der Waals surface area contributed by atoms with Gasteiger partial charge in [0, 0.05) is 10.1 Å². The first-order chi connectivity index (χ1) is 8.61. The predicted molar refractivity (Wildman–Crippen MR) is 81.3 cm³/mol. The SMILES string of the molecule is CC[C@@H](C)/C=C/c1cccc2sc(C(=N)N)cc12. The number of benzene rings is 1. The molecule has 0 fully saturated rings. The third kappa shape index (κ3) is 2.62. The van der Waals surface area contributed by atoms with Crippen molar-refractivity contribution in [1.82, 2.24) is 0 Å². The summed E-state index contributed by atoms with van der Waals surface area (Å²) in [4.78, 5) is 0.842. The fraction of sp³-hybridized carbons (Fsp3) is 0.267. The molecule has 0 saturated heterocycles. The molecular formula is C15H18N2S. The minimum atomic E-state index is 0.146. The van der Waals surface area contributed by atoms with Gasteiger partial charge in [-0.25, -0.2) is 0 Å². The normalized spacial score (nSPS) is 13.2. The molecule has 0 aliphatic heterocycles. The molecule has 2 nitrogen and oxygen atoms in total. The number of amidine groups is 1. The van der Waals surface area contributed by atoms with E-state index in [2.05, 4.69) is 44.2 Å². The van der Waals surface area contributed by atoms with Gasteiger partial charge in [-0.3, -0.25) is 5.41 Å². The molecule has 3 heteroatoms. The van der Waals surface area contributed by atoms with Gasteiger partial charge in [0.05, 0.1) is 4.88 Å². The molecule has 2 aromatic rings. The molecule has 3 N–H and O–H groups in total. The zero-order valence-electron chi connectivity index (χ0n) is 10.7. The molecule has 0 aliphatic carbocycles. The van der Waals surface area contributed by atoms with Crippen LogP contribution in [0.3, 0.4) is 0 Å². The van der Waals surface area contributed by atoms with Crippen LogP contribution in [0.4, 0.5) is 0 Å². The molecule has 0 saturated carbocycles. The molecule has 0 spiro atoms. The second kappa shape index (κ2) is 5.36. The van der Waals surface area contributed by atoms with Gasteiger partial charge in [0.2, 0.25) is 0 Å². The van der Waals surface area contributed by atoms with Crippen molar-refractivity contribution in [3.05, 3.63) is 40.8 Å². The van der Waals surface area contributed by atoms with Crippen molar-refractivity contribution in [1.29, 1.82) is 5.41 Å². The molecule has 0 aliphatic rings. The lowest BCUT2D eigenvalue weighted by Crippen LogP contribution is -2.08. The molecule has 1 atom stereocenters. The van der Waals surface area contributed by atoms with Crippen LogP contribution in [-0.2, 0) is 0 Å². The molecular weight excluding hydrogens is 240 g/mol. The van der Waals surface area contributed by atoms with E-state index in [0.717, 1.165) is 11.3 Å². The summed E-state index contributed by atoms with van der Waals surface area (Å²) in [6, 6.07) is 8.25. The van der Waals surface area contributed by atoms with Crippen molar-refractivity contribution < 1.29 is 0 Å². The Morgan fingerprint density at radius 2 is 2.28 bits per heavy atom. The standard InChI is InChI=1S/C15H18N2S/c1-3-10(2)7-8-11-5-4-6-13-12(11)9-14(18-13)15(16)17/h4-10H,3H2,1-2H3,(H3,16,17)/b8-7+/t10-/m1/s1. The summed E-state index contributed by atoms with van der Waals surface area (Å²) < 4.78 is 1.19. The van der Waals surface area contributed by atoms with Crippen LogP contribution < -0.4 is 5.73 Å². The van der Waals surface area contributed by atoms with Crippen molar-refractivity contribution in [2.24, 2.45) is 11.7 Å². The Kier molecular flexibility index (Phi) is 3.82. The van der Waals surface area contributed by atoms with Gasteiger partial charge in [-0.15, -0.1) is 11.3 Å². The number of nitrogen functional groups attached to an aromatic ring is 1. The number of fused-ring (bicyclic) bond motifs is 1. The minimum Gasteiger partial charge on any atom is -0.383 e. The first kappa shape index (κ1) is 12.8.